The summed E-state index contributed by atoms with van der Waals surface area (Å²) in [4.78, 5) is 28.3. The number of nitrogens with zero attached hydrogens (tertiary/aromatic N) is 1. The lowest BCUT2D eigenvalue weighted by atomic mass is 10.0. The maximum atomic E-state index is 12.2. The van der Waals surface area contributed by atoms with E-state index in [2.05, 4.69) is 15.6 Å². The Morgan fingerprint density at radius 1 is 1.12 bits per heavy atom. The molecule has 0 aliphatic carbocycles. The van der Waals surface area contributed by atoms with Gasteiger partial charge in [-0.1, -0.05) is 23.8 Å². The van der Waals surface area contributed by atoms with Crippen LogP contribution in [-0.4, -0.2) is 23.4 Å². The molecule has 2 rings (SSSR count). The third-order valence-corrected chi connectivity index (χ3v) is 3.64. The van der Waals surface area contributed by atoms with E-state index in [-0.39, 0.29) is 6.04 Å². The fourth-order valence-corrected chi connectivity index (χ4v) is 2.35. The summed E-state index contributed by atoms with van der Waals surface area (Å²) >= 11 is 0. The van der Waals surface area contributed by atoms with Crippen LogP contribution in [0.4, 0.5) is 5.82 Å². The number of benzene rings is 1. The van der Waals surface area contributed by atoms with Gasteiger partial charge in [-0.3, -0.25) is 9.59 Å². The molecule has 2 aromatic rings. The van der Waals surface area contributed by atoms with E-state index in [0.29, 0.717) is 18.2 Å². The van der Waals surface area contributed by atoms with Gasteiger partial charge in [0.05, 0.1) is 12.6 Å². The molecular formula is C19H23N3O3. The van der Waals surface area contributed by atoms with E-state index < -0.39 is 11.8 Å². The minimum atomic E-state index is -0.756. The Kier molecular flexibility index (Phi) is 6.11. The zero-order valence-electron chi connectivity index (χ0n) is 14.9. The average molecular weight is 341 g/mol. The molecule has 6 nitrogen and oxygen atoms in total. The number of amides is 2. The van der Waals surface area contributed by atoms with E-state index in [1.807, 2.05) is 52.0 Å². The molecule has 0 saturated heterocycles. The van der Waals surface area contributed by atoms with Crippen LogP contribution in [-0.2, 0) is 9.59 Å². The van der Waals surface area contributed by atoms with Crippen molar-refractivity contribution < 1.29 is 14.3 Å². The normalized spacial score (nSPS) is 11.5. The van der Waals surface area contributed by atoms with Gasteiger partial charge in [0.1, 0.15) is 11.6 Å². The molecule has 1 atom stereocenters. The largest absolute Gasteiger partial charge is 0.494 e. The van der Waals surface area contributed by atoms with Crippen LogP contribution in [0, 0.1) is 13.8 Å². The molecule has 0 saturated carbocycles. The fraction of sp³-hybridized carbons (Fsp3) is 0.316. The number of carbonyl (C=O) groups is 2. The van der Waals surface area contributed by atoms with Gasteiger partial charge in [0.2, 0.25) is 0 Å². The van der Waals surface area contributed by atoms with Crippen LogP contribution in [0.1, 0.15) is 36.6 Å². The number of hydrogen-bond donors (Lipinski definition) is 2. The Hall–Kier alpha value is -2.89. The van der Waals surface area contributed by atoms with Crippen LogP contribution in [0.25, 0.3) is 0 Å². The van der Waals surface area contributed by atoms with E-state index in [9.17, 15) is 9.59 Å². The van der Waals surface area contributed by atoms with E-state index in [1.54, 1.807) is 12.3 Å². The summed E-state index contributed by atoms with van der Waals surface area (Å²) in [6, 6.07) is 8.84. The highest BCUT2D eigenvalue weighted by atomic mass is 16.5. The topological polar surface area (TPSA) is 80.3 Å². The summed E-state index contributed by atoms with van der Waals surface area (Å²) < 4.78 is 5.60. The van der Waals surface area contributed by atoms with Crippen LogP contribution in [0.3, 0.4) is 0 Å². The number of rotatable bonds is 5. The van der Waals surface area contributed by atoms with Crippen molar-refractivity contribution in [3.05, 3.63) is 53.2 Å². The molecule has 0 aliphatic rings. The Balaban J connectivity index is 2.05. The minimum absolute atomic E-state index is 0.337. The van der Waals surface area contributed by atoms with Crippen molar-refractivity contribution in [3.8, 4) is 5.75 Å². The monoisotopic (exact) mass is 341 g/mol. The van der Waals surface area contributed by atoms with Crippen LogP contribution >= 0.6 is 0 Å². The Morgan fingerprint density at radius 2 is 1.84 bits per heavy atom. The number of hydrogen-bond acceptors (Lipinski definition) is 4. The quantitative estimate of drug-likeness (QED) is 0.820. The number of nitrogens with one attached hydrogen (secondary N) is 2. The molecular weight excluding hydrogens is 318 g/mol. The van der Waals surface area contributed by atoms with Crippen LogP contribution in [0.2, 0.25) is 0 Å². The second kappa shape index (κ2) is 8.28. The summed E-state index contributed by atoms with van der Waals surface area (Å²) in [6.45, 7) is 8.09. The highest BCUT2D eigenvalue weighted by molar-refractivity contribution is 6.39. The first-order valence-corrected chi connectivity index (χ1v) is 8.18. The lowest BCUT2D eigenvalue weighted by molar-refractivity contribution is -0.136. The molecule has 1 aromatic carbocycles. The van der Waals surface area contributed by atoms with Gasteiger partial charge in [-0.2, -0.15) is 0 Å². The van der Waals surface area contributed by atoms with Crippen molar-refractivity contribution >= 4 is 17.6 Å². The molecule has 0 radical (unpaired) electrons. The van der Waals surface area contributed by atoms with Gasteiger partial charge < -0.3 is 15.4 Å². The summed E-state index contributed by atoms with van der Waals surface area (Å²) in [6.07, 6.45) is 1.62. The highest BCUT2D eigenvalue weighted by Gasteiger charge is 2.20. The van der Waals surface area contributed by atoms with Gasteiger partial charge in [0.15, 0.2) is 0 Å². The van der Waals surface area contributed by atoms with Crippen molar-refractivity contribution in [3.63, 3.8) is 0 Å². The zero-order chi connectivity index (χ0) is 18.4. The van der Waals surface area contributed by atoms with Crippen molar-refractivity contribution in [2.24, 2.45) is 0 Å². The maximum absolute atomic E-state index is 12.2. The fourth-order valence-electron chi connectivity index (χ4n) is 2.35. The first-order chi connectivity index (χ1) is 11.9. The predicted octanol–water partition coefficient (Wildman–Crippen LogP) is 2.91. The summed E-state index contributed by atoms with van der Waals surface area (Å²) in [7, 11) is 0. The van der Waals surface area contributed by atoms with Gasteiger partial charge in [-0.15, -0.1) is 0 Å². The number of aryl methyl sites for hydroxylation is 2. The van der Waals surface area contributed by atoms with Gasteiger partial charge in [0, 0.05) is 11.8 Å². The van der Waals surface area contributed by atoms with Crippen LogP contribution in [0.5, 0.6) is 5.75 Å². The number of ether oxygens (including phenoxy) is 1. The third kappa shape index (κ3) is 5.04. The zero-order valence-corrected chi connectivity index (χ0v) is 14.9. The van der Waals surface area contributed by atoms with Gasteiger partial charge in [0.25, 0.3) is 0 Å². The minimum Gasteiger partial charge on any atom is -0.494 e. The Labute approximate surface area is 147 Å². The van der Waals surface area contributed by atoms with Gasteiger partial charge in [-0.05, 0) is 45.4 Å². The van der Waals surface area contributed by atoms with Crippen molar-refractivity contribution in [1.29, 1.82) is 0 Å². The second-order valence-electron chi connectivity index (χ2n) is 5.84. The van der Waals surface area contributed by atoms with Crippen molar-refractivity contribution in [1.82, 2.24) is 10.3 Å². The average Bonchev–Trinajstić information content (AvgIpc) is 2.58. The second-order valence-corrected chi connectivity index (χ2v) is 5.84. The molecule has 1 unspecified atom stereocenters. The third-order valence-electron chi connectivity index (χ3n) is 3.64. The van der Waals surface area contributed by atoms with Gasteiger partial charge in [-0.25, -0.2) is 4.98 Å². The molecule has 0 spiro atoms. The molecule has 25 heavy (non-hydrogen) atoms. The molecule has 6 heteroatoms. The Morgan fingerprint density at radius 3 is 2.48 bits per heavy atom. The smallest absolute Gasteiger partial charge is 0.314 e. The molecule has 1 aromatic heterocycles. The van der Waals surface area contributed by atoms with Gasteiger partial charge >= 0.3 is 11.8 Å². The number of carbonyl (C=O) groups excluding carboxylic acids is 2. The summed E-state index contributed by atoms with van der Waals surface area (Å²) in [5, 5.41) is 5.18. The molecule has 132 valence electrons. The lowest BCUT2D eigenvalue weighted by Gasteiger charge is -2.18. The molecule has 2 N–H and O–H groups in total. The van der Waals surface area contributed by atoms with E-state index in [0.717, 1.165) is 16.7 Å². The molecule has 0 aliphatic heterocycles. The summed E-state index contributed by atoms with van der Waals surface area (Å²) in [5.74, 6) is -0.446. The van der Waals surface area contributed by atoms with E-state index in [4.69, 9.17) is 4.74 Å². The number of anilines is 1. The first-order valence-electron chi connectivity index (χ1n) is 8.18. The lowest BCUT2D eigenvalue weighted by Crippen LogP contribution is -2.37. The number of pyridine rings is 1. The van der Waals surface area contributed by atoms with Crippen LogP contribution < -0.4 is 15.4 Å². The molecule has 1 heterocycles. The van der Waals surface area contributed by atoms with Crippen molar-refractivity contribution in [2.45, 2.75) is 33.7 Å². The van der Waals surface area contributed by atoms with E-state index >= 15 is 0 Å². The highest BCUT2D eigenvalue weighted by Crippen LogP contribution is 2.26. The Bertz CT molecular complexity index is 757. The SMILES string of the molecule is CCOc1ccc(C)cc1C(C)NC(=O)C(=O)Nc1ccc(C)cn1. The summed E-state index contributed by atoms with van der Waals surface area (Å²) in [5.41, 5.74) is 2.85. The molecule has 0 fully saturated rings. The first kappa shape index (κ1) is 18.4. The van der Waals surface area contributed by atoms with E-state index in [1.165, 1.54) is 0 Å². The van der Waals surface area contributed by atoms with Crippen LogP contribution in [0.15, 0.2) is 36.5 Å². The molecule has 0 bridgehead atoms. The van der Waals surface area contributed by atoms with Crippen molar-refractivity contribution in [2.75, 3.05) is 11.9 Å². The maximum Gasteiger partial charge on any atom is 0.314 e. The number of aromatic nitrogens is 1. The molecule has 2 amide bonds. The standard InChI is InChI=1S/C19H23N3O3/c1-5-25-16-8-6-12(2)10-15(16)14(4)21-18(23)19(24)22-17-9-7-13(3)11-20-17/h6-11,14H,5H2,1-4H3,(H,21,23)(H,20,22,24). The predicted molar refractivity (Wildman–Crippen MR) is 96.5 cm³/mol.